The van der Waals surface area contributed by atoms with Crippen molar-refractivity contribution < 1.29 is 5.21 Å². The number of benzene rings is 1. The van der Waals surface area contributed by atoms with Crippen molar-refractivity contribution >= 4 is 27.5 Å². The van der Waals surface area contributed by atoms with Crippen LogP contribution >= 0.6 is 15.9 Å². The van der Waals surface area contributed by atoms with E-state index in [1.807, 2.05) is 18.2 Å². The number of hydrogen-bond donors (Lipinski definition) is 2. The van der Waals surface area contributed by atoms with Crippen molar-refractivity contribution in [3.05, 3.63) is 28.2 Å². The summed E-state index contributed by atoms with van der Waals surface area (Å²) in [5, 5.41) is 11.7. The molecule has 104 valence electrons. The van der Waals surface area contributed by atoms with Crippen LogP contribution in [0, 0.1) is 0 Å². The van der Waals surface area contributed by atoms with Gasteiger partial charge in [0.2, 0.25) is 0 Å². The fraction of sp³-hybridized carbons (Fsp3) is 0.500. The molecule has 1 aromatic carbocycles. The molecule has 1 atom stereocenters. The van der Waals surface area contributed by atoms with E-state index in [0.717, 1.165) is 16.6 Å². The molecule has 5 heteroatoms. The summed E-state index contributed by atoms with van der Waals surface area (Å²) in [5.41, 5.74) is 7.52. The monoisotopic (exact) mass is 325 g/mol. The van der Waals surface area contributed by atoms with Crippen molar-refractivity contribution in [3.8, 4) is 0 Å². The molecular formula is C14H20BrN3O. The minimum atomic E-state index is 0.135. The highest BCUT2D eigenvalue weighted by molar-refractivity contribution is 9.10. The lowest BCUT2D eigenvalue weighted by molar-refractivity contribution is 0.318. The zero-order chi connectivity index (χ0) is 13.8. The van der Waals surface area contributed by atoms with Crippen molar-refractivity contribution in [2.24, 2.45) is 10.9 Å². The number of rotatable bonds is 2. The standard InChI is InChI=1S/C14H20BrN3O/c1-10-5-3-2-4-8-18(10)13-7-6-11(9-12(13)15)14(16)17-19/h6-7,9-10,19H,2-5,8H2,1H3,(H2,16,17). The molecule has 0 spiro atoms. The molecule has 1 fully saturated rings. The van der Waals surface area contributed by atoms with Gasteiger partial charge in [-0.3, -0.25) is 0 Å². The lowest BCUT2D eigenvalue weighted by atomic mass is 10.1. The number of anilines is 1. The van der Waals surface area contributed by atoms with E-state index in [1.54, 1.807) is 0 Å². The highest BCUT2D eigenvalue weighted by Crippen LogP contribution is 2.31. The van der Waals surface area contributed by atoms with Gasteiger partial charge in [-0.05, 0) is 53.9 Å². The van der Waals surface area contributed by atoms with Crippen LogP contribution in [0.2, 0.25) is 0 Å². The Labute approximate surface area is 122 Å². The molecule has 1 saturated heterocycles. The maximum Gasteiger partial charge on any atom is 0.170 e. The van der Waals surface area contributed by atoms with Crippen molar-refractivity contribution in [3.63, 3.8) is 0 Å². The molecule has 1 aliphatic rings. The highest BCUT2D eigenvalue weighted by atomic mass is 79.9. The summed E-state index contributed by atoms with van der Waals surface area (Å²) in [6, 6.07) is 6.39. The zero-order valence-corrected chi connectivity index (χ0v) is 12.7. The second kappa shape index (κ2) is 6.28. The summed E-state index contributed by atoms with van der Waals surface area (Å²) in [4.78, 5) is 2.44. The van der Waals surface area contributed by atoms with Crippen LogP contribution in [0.1, 0.15) is 38.2 Å². The maximum atomic E-state index is 8.71. The quantitative estimate of drug-likeness (QED) is 0.379. The lowest BCUT2D eigenvalue weighted by Crippen LogP contribution is -2.32. The third-order valence-electron chi connectivity index (χ3n) is 3.71. The van der Waals surface area contributed by atoms with Gasteiger partial charge in [-0.2, -0.15) is 0 Å². The second-order valence-corrected chi connectivity index (χ2v) is 5.90. The SMILES string of the molecule is CC1CCCCCN1c1ccc(/C(N)=N/O)cc1Br. The highest BCUT2D eigenvalue weighted by Gasteiger charge is 2.19. The molecule has 2 rings (SSSR count). The Balaban J connectivity index is 2.29. The van der Waals surface area contributed by atoms with Crippen molar-refractivity contribution in [1.29, 1.82) is 0 Å². The van der Waals surface area contributed by atoms with Gasteiger partial charge >= 0.3 is 0 Å². The van der Waals surface area contributed by atoms with Gasteiger partial charge in [0.15, 0.2) is 5.84 Å². The van der Waals surface area contributed by atoms with Gasteiger partial charge in [-0.15, -0.1) is 0 Å². The molecular weight excluding hydrogens is 306 g/mol. The van der Waals surface area contributed by atoms with Crippen molar-refractivity contribution in [1.82, 2.24) is 0 Å². The summed E-state index contributed by atoms with van der Waals surface area (Å²) >= 11 is 3.60. The molecule has 0 aliphatic carbocycles. The Hall–Kier alpha value is -1.23. The predicted molar refractivity (Wildman–Crippen MR) is 81.9 cm³/mol. The molecule has 19 heavy (non-hydrogen) atoms. The van der Waals surface area contributed by atoms with Crippen LogP contribution in [0.15, 0.2) is 27.8 Å². The van der Waals surface area contributed by atoms with Crippen LogP contribution in [0.4, 0.5) is 5.69 Å². The summed E-state index contributed by atoms with van der Waals surface area (Å²) < 4.78 is 0.991. The van der Waals surface area contributed by atoms with Gasteiger partial charge in [0.1, 0.15) is 0 Å². The van der Waals surface area contributed by atoms with Gasteiger partial charge in [0.05, 0.1) is 5.69 Å². The zero-order valence-electron chi connectivity index (χ0n) is 11.1. The normalized spacial score (nSPS) is 21.3. The molecule has 1 heterocycles. The number of nitrogens with zero attached hydrogens (tertiary/aromatic N) is 2. The summed E-state index contributed by atoms with van der Waals surface area (Å²) in [6.45, 7) is 3.36. The van der Waals surface area contributed by atoms with Gasteiger partial charge in [0, 0.05) is 22.6 Å². The average Bonchev–Trinajstić information content (AvgIpc) is 2.62. The smallest absolute Gasteiger partial charge is 0.170 e. The van der Waals surface area contributed by atoms with Gasteiger partial charge in [-0.25, -0.2) is 0 Å². The summed E-state index contributed by atoms with van der Waals surface area (Å²) in [6.07, 6.45) is 5.07. The summed E-state index contributed by atoms with van der Waals surface area (Å²) in [7, 11) is 0. The third kappa shape index (κ3) is 3.21. The largest absolute Gasteiger partial charge is 0.409 e. The minimum Gasteiger partial charge on any atom is -0.409 e. The minimum absolute atomic E-state index is 0.135. The second-order valence-electron chi connectivity index (χ2n) is 5.04. The van der Waals surface area contributed by atoms with E-state index in [9.17, 15) is 0 Å². The molecule has 0 amide bonds. The average molecular weight is 326 g/mol. The first-order valence-electron chi connectivity index (χ1n) is 6.67. The molecule has 1 aliphatic heterocycles. The van der Waals surface area contributed by atoms with Crippen LogP contribution in [0.3, 0.4) is 0 Å². The number of amidine groups is 1. The van der Waals surface area contributed by atoms with Crippen LogP contribution in [-0.4, -0.2) is 23.6 Å². The van der Waals surface area contributed by atoms with E-state index in [-0.39, 0.29) is 5.84 Å². The summed E-state index contributed by atoms with van der Waals surface area (Å²) in [5.74, 6) is 0.135. The Morgan fingerprint density at radius 2 is 2.21 bits per heavy atom. The van der Waals surface area contributed by atoms with Crippen LogP contribution in [0.25, 0.3) is 0 Å². The van der Waals surface area contributed by atoms with Gasteiger partial charge in [-0.1, -0.05) is 18.0 Å². The topological polar surface area (TPSA) is 61.8 Å². The fourth-order valence-corrected chi connectivity index (χ4v) is 3.20. The molecule has 1 unspecified atom stereocenters. The molecule has 3 N–H and O–H groups in total. The van der Waals surface area contributed by atoms with Gasteiger partial charge in [0.25, 0.3) is 0 Å². The first-order chi connectivity index (χ1) is 9.13. The number of hydrogen-bond acceptors (Lipinski definition) is 3. The molecule has 4 nitrogen and oxygen atoms in total. The lowest BCUT2D eigenvalue weighted by Gasteiger charge is -2.30. The third-order valence-corrected chi connectivity index (χ3v) is 4.35. The molecule has 0 saturated carbocycles. The van der Waals surface area contributed by atoms with Crippen molar-refractivity contribution in [2.45, 2.75) is 38.6 Å². The van der Waals surface area contributed by atoms with E-state index in [1.165, 1.54) is 31.4 Å². The van der Waals surface area contributed by atoms with Crippen molar-refractivity contribution in [2.75, 3.05) is 11.4 Å². The van der Waals surface area contributed by atoms with Crippen LogP contribution < -0.4 is 10.6 Å². The van der Waals surface area contributed by atoms with E-state index < -0.39 is 0 Å². The number of nitrogens with two attached hydrogens (primary N) is 1. The maximum absolute atomic E-state index is 8.71. The van der Waals surface area contributed by atoms with E-state index in [4.69, 9.17) is 10.9 Å². The molecule has 0 radical (unpaired) electrons. The van der Waals surface area contributed by atoms with Gasteiger partial charge < -0.3 is 15.8 Å². The Bertz CT molecular complexity index is 476. The Morgan fingerprint density at radius 1 is 1.42 bits per heavy atom. The van der Waals surface area contributed by atoms with E-state index in [0.29, 0.717) is 6.04 Å². The predicted octanol–water partition coefficient (Wildman–Crippen LogP) is 3.31. The number of halogens is 1. The van der Waals surface area contributed by atoms with Crippen LogP contribution in [-0.2, 0) is 0 Å². The molecule has 0 bridgehead atoms. The first-order valence-corrected chi connectivity index (χ1v) is 7.47. The Kier molecular flexibility index (Phi) is 4.69. The molecule has 0 aromatic heterocycles. The number of oxime groups is 1. The Morgan fingerprint density at radius 3 is 2.89 bits per heavy atom. The van der Waals surface area contributed by atoms with Crippen LogP contribution in [0.5, 0.6) is 0 Å². The molecule has 1 aromatic rings. The van der Waals surface area contributed by atoms with E-state index in [2.05, 4.69) is 32.9 Å². The van der Waals surface area contributed by atoms with E-state index >= 15 is 0 Å². The first kappa shape index (κ1) is 14.2. The fourth-order valence-electron chi connectivity index (χ4n) is 2.59.